The van der Waals surface area contributed by atoms with E-state index in [0.717, 1.165) is 25.7 Å². The van der Waals surface area contributed by atoms with Crippen LogP contribution in [-0.2, 0) is 6.54 Å². The number of urea groups is 1. The maximum atomic E-state index is 13.8. The predicted molar refractivity (Wildman–Crippen MR) is 90.4 cm³/mol. The Bertz CT molecular complexity index is 553. The summed E-state index contributed by atoms with van der Waals surface area (Å²) in [6.45, 7) is 2.99. The van der Waals surface area contributed by atoms with E-state index in [-0.39, 0.29) is 30.3 Å². The van der Waals surface area contributed by atoms with Crippen LogP contribution in [0.3, 0.4) is 0 Å². The third-order valence-corrected chi connectivity index (χ3v) is 4.46. The molecule has 134 valence electrons. The minimum atomic E-state index is -0.428. The standard InChI is InChI=1S/C18H27FN2O3/c1-3-24-17-9-8-13(10-15(17)19)11-20-18(23)21(2)12-14-6-4-5-7-16(14)22/h8-10,14,16,22H,3-7,11-12H2,1-2H3,(H,20,23)/t14-,16+/m0/s1. The van der Waals surface area contributed by atoms with E-state index in [0.29, 0.717) is 18.7 Å². The van der Waals surface area contributed by atoms with E-state index < -0.39 is 5.82 Å². The number of rotatable bonds is 6. The zero-order valence-electron chi connectivity index (χ0n) is 14.4. The third-order valence-electron chi connectivity index (χ3n) is 4.46. The minimum Gasteiger partial charge on any atom is -0.491 e. The third kappa shape index (κ3) is 5.09. The molecule has 5 nitrogen and oxygen atoms in total. The smallest absolute Gasteiger partial charge is 0.317 e. The molecule has 2 amide bonds. The van der Waals surface area contributed by atoms with Crippen LogP contribution in [0.15, 0.2) is 18.2 Å². The van der Waals surface area contributed by atoms with Gasteiger partial charge in [-0.05, 0) is 37.5 Å². The zero-order chi connectivity index (χ0) is 17.5. The summed E-state index contributed by atoms with van der Waals surface area (Å²) in [4.78, 5) is 13.8. The van der Waals surface area contributed by atoms with E-state index in [9.17, 15) is 14.3 Å². The lowest BCUT2D eigenvalue weighted by Gasteiger charge is -2.31. The van der Waals surface area contributed by atoms with Gasteiger partial charge in [0.05, 0.1) is 12.7 Å². The van der Waals surface area contributed by atoms with E-state index in [1.807, 2.05) is 0 Å². The van der Waals surface area contributed by atoms with Gasteiger partial charge in [-0.2, -0.15) is 0 Å². The molecule has 1 aliphatic carbocycles. The van der Waals surface area contributed by atoms with Crippen molar-refractivity contribution in [2.45, 2.75) is 45.3 Å². The molecule has 2 rings (SSSR count). The maximum Gasteiger partial charge on any atom is 0.317 e. The first-order chi connectivity index (χ1) is 11.5. The number of nitrogens with zero attached hydrogens (tertiary/aromatic N) is 1. The van der Waals surface area contributed by atoms with Crippen molar-refractivity contribution in [3.63, 3.8) is 0 Å². The highest BCUT2D eigenvalue weighted by atomic mass is 19.1. The highest BCUT2D eigenvalue weighted by Gasteiger charge is 2.25. The van der Waals surface area contributed by atoms with Crippen LogP contribution >= 0.6 is 0 Å². The van der Waals surface area contributed by atoms with Crippen molar-refractivity contribution in [3.8, 4) is 5.75 Å². The molecule has 24 heavy (non-hydrogen) atoms. The molecule has 0 aromatic heterocycles. The number of aliphatic hydroxyl groups is 1. The molecule has 0 unspecified atom stereocenters. The Morgan fingerprint density at radius 1 is 1.42 bits per heavy atom. The summed E-state index contributed by atoms with van der Waals surface area (Å²) in [5, 5.41) is 12.8. The second-order valence-corrected chi connectivity index (χ2v) is 6.35. The van der Waals surface area contributed by atoms with Crippen LogP contribution in [0.4, 0.5) is 9.18 Å². The highest BCUT2D eigenvalue weighted by Crippen LogP contribution is 2.25. The van der Waals surface area contributed by atoms with Gasteiger partial charge in [-0.25, -0.2) is 9.18 Å². The molecule has 1 aromatic carbocycles. The molecule has 2 atom stereocenters. The number of carbonyl (C=O) groups excluding carboxylic acids is 1. The Morgan fingerprint density at radius 3 is 2.83 bits per heavy atom. The van der Waals surface area contributed by atoms with Crippen LogP contribution in [0, 0.1) is 11.7 Å². The number of amides is 2. The van der Waals surface area contributed by atoms with Crippen LogP contribution in [-0.4, -0.2) is 42.3 Å². The van der Waals surface area contributed by atoms with E-state index in [1.54, 1.807) is 31.0 Å². The summed E-state index contributed by atoms with van der Waals surface area (Å²) in [5.41, 5.74) is 0.676. The Labute approximate surface area is 142 Å². The van der Waals surface area contributed by atoms with Gasteiger partial charge in [-0.15, -0.1) is 0 Å². The quantitative estimate of drug-likeness (QED) is 0.838. The summed E-state index contributed by atoms with van der Waals surface area (Å²) in [6.07, 6.45) is 3.59. The van der Waals surface area contributed by atoms with E-state index in [1.165, 1.54) is 6.07 Å². The van der Waals surface area contributed by atoms with Gasteiger partial charge in [0.25, 0.3) is 0 Å². The number of hydrogen-bond acceptors (Lipinski definition) is 3. The van der Waals surface area contributed by atoms with Crippen molar-refractivity contribution in [1.82, 2.24) is 10.2 Å². The molecule has 0 heterocycles. The van der Waals surface area contributed by atoms with Gasteiger partial charge < -0.3 is 20.1 Å². The largest absolute Gasteiger partial charge is 0.491 e. The van der Waals surface area contributed by atoms with Crippen molar-refractivity contribution in [2.24, 2.45) is 5.92 Å². The average molecular weight is 338 g/mol. The topological polar surface area (TPSA) is 61.8 Å². The van der Waals surface area contributed by atoms with Gasteiger partial charge in [0.15, 0.2) is 11.6 Å². The summed E-state index contributed by atoms with van der Waals surface area (Å²) in [7, 11) is 1.72. The molecule has 0 radical (unpaired) electrons. The highest BCUT2D eigenvalue weighted by molar-refractivity contribution is 5.73. The van der Waals surface area contributed by atoms with Crippen molar-refractivity contribution in [2.75, 3.05) is 20.2 Å². The predicted octanol–water partition coefficient (Wildman–Crippen LogP) is 2.92. The fourth-order valence-electron chi connectivity index (χ4n) is 3.08. The van der Waals surface area contributed by atoms with Gasteiger partial charge >= 0.3 is 6.03 Å². The summed E-state index contributed by atoms with van der Waals surface area (Å²) >= 11 is 0. The lowest BCUT2D eigenvalue weighted by Crippen LogP contribution is -2.42. The molecule has 6 heteroatoms. The van der Waals surface area contributed by atoms with E-state index >= 15 is 0 Å². The van der Waals surface area contributed by atoms with Crippen LogP contribution in [0.25, 0.3) is 0 Å². The first-order valence-electron chi connectivity index (χ1n) is 8.59. The molecule has 0 aliphatic heterocycles. The van der Waals surface area contributed by atoms with Crippen LogP contribution in [0.5, 0.6) is 5.75 Å². The van der Waals surface area contributed by atoms with Gasteiger partial charge in [-0.1, -0.05) is 18.9 Å². The van der Waals surface area contributed by atoms with Crippen molar-refractivity contribution in [1.29, 1.82) is 0 Å². The Balaban J connectivity index is 1.82. The molecule has 2 N–H and O–H groups in total. The van der Waals surface area contributed by atoms with Crippen molar-refractivity contribution < 1.29 is 19.0 Å². The minimum absolute atomic E-state index is 0.137. The Morgan fingerprint density at radius 2 is 2.17 bits per heavy atom. The number of ether oxygens (including phenoxy) is 1. The molecule has 1 aliphatic rings. The Hall–Kier alpha value is -1.82. The van der Waals surface area contributed by atoms with Crippen LogP contribution in [0.1, 0.15) is 38.2 Å². The average Bonchev–Trinajstić information content (AvgIpc) is 2.57. The lowest BCUT2D eigenvalue weighted by molar-refractivity contribution is 0.0565. The molecule has 1 saturated carbocycles. The first-order valence-corrected chi connectivity index (χ1v) is 8.59. The van der Waals surface area contributed by atoms with Gasteiger partial charge in [-0.3, -0.25) is 0 Å². The number of nitrogens with one attached hydrogen (secondary N) is 1. The molecule has 0 bridgehead atoms. The van der Waals surface area contributed by atoms with Gasteiger partial charge in [0.1, 0.15) is 0 Å². The van der Waals surface area contributed by atoms with E-state index in [2.05, 4.69) is 5.32 Å². The Kier molecular flexibility index (Phi) is 6.85. The number of aliphatic hydroxyl groups excluding tert-OH is 1. The number of benzene rings is 1. The number of hydrogen-bond donors (Lipinski definition) is 2. The molecule has 1 fully saturated rings. The fraction of sp³-hybridized carbons (Fsp3) is 0.611. The zero-order valence-corrected chi connectivity index (χ0v) is 14.4. The molecule has 0 saturated heterocycles. The number of carbonyl (C=O) groups is 1. The monoisotopic (exact) mass is 338 g/mol. The molecule has 1 aromatic rings. The fourth-order valence-corrected chi connectivity index (χ4v) is 3.08. The molecule has 0 spiro atoms. The summed E-state index contributed by atoms with van der Waals surface area (Å²) in [6, 6.07) is 4.46. The van der Waals surface area contributed by atoms with Crippen LogP contribution in [0.2, 0.25) is 0 Å². The molecular weight excluding hydrogens is 311 g/mol. The van der Waals surface area contributed by atoms with Crippen LogP contribution < -0.4 is 10.1 Å². The normalized spacial score (nSPS) is 20.5. The molecular formula is C18H27FN2O3. The van der Waals surface area contributed by atoms with Crippen molar-refractivity contribution >= 4 is 6.03 Å². The lowest BCUT2D eigenvalue weighted by atomic mass is 9.86. The number of halogens is 1. The second-order valence-electron chi connectivity index (χ2n) is 6.35. The first kappa shape index (κ1) is 18.5. The maximum absolute atomic E-state index is 13.8. The van der Waals surface area contributed by atoms with E-state index in [4.69, 9.17) is 4.74 Å². The summed E-state index contributed by atoms with van der Waals surface area (Å²) in [5.74, 6) is -0.0734. The second kappa shape index (κ2) is 8.87. The van der Waals surface area contributed by atoms with Gasteiger partial charge in [0, 0.05) is 26.1 Å². The SMILES string of the molecule is CCOc1ccc(CNC(=O)N(C)C[C@@H]2CCCC[C@H]2O)cc1F. The van der Waals surface area contributed by atoms with Gasteiger partial charge in [0.2, 0.25) is 0 Å². The van der Waals surface area contributed by atoms with Crippen molar-refractivity contribution in [3.05, 3.63) is 29.6 Å². The summed E-state index contributed by atoms with van der Waals surface area (Å²) < 4.78 is 19.0.